The van der Waals surface area contributed by atoms with Crippen LogP contribution in [0.2, 0.25) is 0 Å². The second-order valence-electron chi connectivity index (χ2n) is 5.95. The normalized spacial score (nSPS) is 23.9. The van der Waals surface area contributed by atoms with Crippen molar-refractivity contribution in [2.45, 2.75) is 70.4 Å². The fraction of sp³-hybridized carbons (Fsp3) is 0.647. The lowest BCUT2D eigenvalue weighted by atomic mass is 9.75. The summed E-state index contributed by atoms with van der Waals surface area (Å²) in [4.78, 5) is 0. The zero-order chi connectivity index (χ0) is 13.7. The number of halogens is 1. The minimum Gasteiger partial charge on any atom is -0.311 e. The third-order valence-corrected chi connectivity index (χ3v) is 4.24. The van der Waals surface area contributed by atoms with E-state index in [0.717, 1.165) is 18.4 Å². The summed E-state index contributed by atoms with van der Waals surface area (Å²) in [7, 11) is 0. The first-order valence-electron chi connectivity index (χ1n) is 7.71. The molecule has 1 fully saturated rings. The molecule has 106 valence electrons. The average molecular weight is 263 g/mol. The van der Waals surface area contributed by atoms with Crippen molar-refractivity contribution in [1.82, 2.24) is 5.32 Å². The molecule has 1 aromatic rings. The van der Waals surface area contributed by atoms with Crippen LogP contribution in [0.25, 0.3) is 0 Å². The van der Waals surface area contributed by atoms with E-state index in [1.165, 1.54) is 25.7 Å². The van der Waals surface area contributed by atoms with Gasteiger partial charge < -0.3 is 5.32 Å². The van der Waals surface area contributed by atoms with E-state index in [4.69, 9.17) is 0 Å². The van der Waals surface area contributed by atoms with Crippen LogP contribution in [-0.4, -0.2) is 12.1 Å². The van der Waals surface area contributed by atoms with E-state index in [-0.39, 0.29) is 5.82 Å². The highest BCUT2D eigenvalue weighted by atomic mass is 19.1. The van der Waals surface area contributed by atoms with Gasteiger partial charge in [-0.2, -0.15) is 0 Å². The van der Waals surface area contributed by atoms with Crippen LogP contribution in [0.15, 0.2) is 24.3 Å². The lowest BCUT2D eigenvalue weighted by Gasteiger charge is -2.38. The molecule has 0 spiro atoms. The summed E-state index contributed by atoms with van der Waals surface area (Å²) < 4.78 is 13.6. The van der Waals surface area contributed by atoms with E-state index in [1.807, 2.05) is 12.1 Å². The van der Waals surface area contributed by atoms with Crippen LogP contribution < -0.4 is 5.32 Å². The molecule has 1 aliphatic rings. The molecule has 2 heteroatoms. The molecule has 0 radical (unpaired) electrons. The van der Waals surface area contributed by atoms with E-state index < -0.39 is 0 Å². The Balaban J connectivity index is 1.70. The van der Waals surface area contributed by atoms with Gasteiger partial charge >= 0.3 is 0 Å². The van der Waals surface area contributed by atoms with Gasteiger partial charge in [-0.3, -0.25) is 0 Å². The van der Waals surface area contributed by atoms with Crippen molar-refractivity contribution >= 4 is 0 Å². The monoisotopic (exact) mass is 263 g/mol. The van der Waals surface area contributed by atoms with Crippen LogP contribution in [-0.2, 0) is 0 Å². The largest absolute Gasteiger partial charge is 0.311 e. The van der Waals surface area contributed by atoms with Crippen molar-refractivity contribution in [1.29, 1.82) is 0 Å². The first kappa shape index (κ1) is 14.5. The van der Waals surface area contributed by atoms with Crippen LogP contribution in [0, 0.1) is 5.82 Å². The summed E-state index contributed by atoms with van der Waals surface area (Å²) >= 11 is 0. The highest BCUT2D eigenvalue weighted by molar-refractivity contribution is 5.24. The van der Waals surface area contributed by atoms with Gasteiger partial charge in [0.25, 0.3) is 0 Å². The Morgan fingerprint density at radius 1 is 1.26 bits per heavy atom. The lowest BCUT2D eigenvalue weighted by Crippen LogP contribution is -2.44. The molecule has 1 N–H and O–H groups in total. The highest BCUT2D eigenvalue weighted by Gasteiger charge is 2.32. The molecule has 1 nitrogen and oxygen atoms in total. The molecule has 19 heavy (non-hydrogen) atoms. The van der Waals surface area contributed by atoms with Crippen LogP contribution in [0.1, 0.15) is 63.9 Å². The third-order valence-electron chi connectivity index (χ3n) is 4.24. The second kappa shape index (κ2) is 7.04. The summed E-state index contributed by atoms with van der Waals surface area (Å²) in [6, 6.07) is 8.39. The predicted octanol–water partition coefficient (Wildman–Crippen LogP) is 4.63. The standard InChI is InChI=1S/C17H26FN/c1-3-4-5-8-13(2)19-15-11-14(12-15)16-9-6-7-10-17(16)18/h6-7,9-10,13-15,19H,3-5,8,11-12H2,1-2H3. The number of hydrogen-bond donors (Lipinski definition) is 1. The molecule has 1 aliphatic carbocycles. The van der Waals surface area contributed by atoms with Crippen molar-refractivity contribution in [3.8, 4) is 0 Å². The fourth-order valence-corrected chi connectivity index (χ4v) is 3.00. The Labute approximate surface area is 116 Å². The quantitative estimate of drug-likeness (QED) is 0.707. The van der Waals surface area contributed by atoms with Gasteiger partial charge in [0.1, 0.15) is 5.82 Å². The van der Waals surface area contributed by atoms with Gasteiger partial charge in [-0.05, 0) is 43.7 Å². The maximum Gasteiger partial charge on any atom is 0.126 e. The summed E-state index contributed by atoms with van der Waals surface area (Å²) in [6.07, 6.45) is 7.35. The van der Waals surface area contributed by atoms with E-state index in [9.17, 15) is 4.39 Å². The van der Waals surface area contributed by atoms with Crippen molar-refractivity contribution in [2.75, 3.05) is 0 Å². The lowest BCUT2D eigenvalue weighted by molar-refractivity contribution is 0.259. The summed E-state index contributed by atoms with van der Waals surface area (Å²) in [6.45, 7) is 4.51. The smallest absolute Gasteiger partial charge is 0.126 e. The minimum atomic E-state index is -0.0399. The second-order valence-corrected chi connectivity index (χ2v) is 5.95. The SMILES string of the molecule is CCCCCC(C)NC1CC(c2ccccc2F)C1. The Morgan fingerprint density at radius 2 is 2.00 bits per heavy atom. The third kappa shape index (κ3) is 4.04. The first-order valence-corrected chi connectivity index (χ1v) is 7.71. The molecule has 2 rings (SSSR count). The van der Waals surface area contributed by atoms with Crippen LogP contribution >= 0.6 is 0 Å². The number of nitrogens with one attached hydrogen (secondary N) is 1. The molecular weight excluding hydrogens is 237 g/mol. The minimum absolute atomic E-state index is 0.0399. The first-order chi connectivity index (χ1) is 9.20. The van der Waals surface area contributed by atoms with E-state index in [0.29, 0.717) is 18.0 Å². The Morgan fingerprint density at radius 3 is 2.68 bits per heavy atom. The summed E-state index contributed by atoms with van der Waals surface area (Å²) in [5.74, 6) is 0.378. The van der Waals surface area contributed by atoms with Gasteiger partial charge in [-0.25, -0.2) is 4.39 Å². The van der Waals surface area contributed by atoms with E-state index in [1.54, 1.807) is 12.1 Å². The molecule has 0 aliphatic heterocycles. The Hall–Kier alpha value is -0.890. The predicted molar refractivity (Wildman–Crippen MR) is 78.9 cm³/mol. The number of rotatable bonds is 7. The molecule has 0 amide bonds. The molecule has 1 atom stereocenters. The molecule has 0 heterocycles. The van der Waals surface area contributed by atoms with Gasteiger partial charge in [0.05, 0.1) is 0 Å². The van der Waals surface area contributed by atoms with Crippen molar-refractivity contribution < 1.29 is 4.39 Å². The summed E-state index contributed by atoms with van der Waals surface area (Å²) in [5.41, 5.74) is 0.902. The van der Waals surface area contributed by atoms with Gasteiger partial charge in [0.15, 0.2) is 0 Å². The molecule has 1 unspecified atom stereocenters. The maximum absolute atomic E-state index is 13.6. The molecule has 1 saturated carbocycles. The molecule has 0 saturated heterocycles. The van der Waals surface area contributed by atoms with E-state index in [2.05, 4.69) is 19.2 Å². The molecule has 0 aromatic heterocycles. The van der Waals surface area contributed by atoms with Gasteiger partial charge in [-0.15, -0.1) is 0 Å². The number of hydrogen-bond acceptors (Lipinski definition) is 1. The Bertz CT molecular complexity index is 385. The highest BCUT2D eigenvalue weighted by Crippen LogP contribution is 2.38. The van der Waals surface area contributed by atoms with Crippen LogP contribution in [0.5, 0.6) is 0 Å². The van der Waals surface area contributed by atoms with Crippen LogP contribution in [0.3, 0.4) is 0 Å². The zero-order valence-electron chi connectivity index (χ0n) is 12.2. The Kier molecular flexibility index (Phi) is 5.38. The number of benzene rings is 1. The van der Waals surface area contributed by atoms with Crippen LogP contribution in [0.4, 0.5) is 4.39 Å². The molecular formula is C17H26FN. The van der Waals surface area contributed by atoms with Gasteiger partial charge in [0, 0.05) is 12.1 Å². The summed E-state index contributed by atoms with van der Waals surface area (Å²) in [5, 5.41) is 3.67. The van der Waals surface area contributed by atoms with Gasteiger partial charge in [-0.1, -0.05) is 44.4 Å². The van der Waals surface area contributed by atoms with Gasteiger partial charge in [0.2, 0.25) is 0 Å². The van der Waals surface area contributed by atoms with Crippen molar-refractivity contribution in [3.63, 3.8) is 0 Å². The van der Waals surface area contributed by atoms with E-state index >= 15 is 0 Å². The average Bonchev–Trinajstić information content (AvgIpc) is 2.35. The molecule has 1 aromatic carbocycles. The number of unbranched alkanes of at least 4 members (excludes halogenated alkanes) is 2. The molecule has 0 bridgehead atoms. The maximum atomic E-state index is 13.6. The zero-order valence-corrected chi connectivity index (χ0v) is 12.2. The fourth-order valence-electron chi connectivity index (χ4n) is 3.00. The van der Waals surface area contributed by atoms with Crippen molar-refractivity contribution in [2.24, 2.45) is 0 Å². The van der Waals surface area contributed by atoms with Crippen molar-refractivity contribution in [3.05, 3.63) is 35.6 Å². The topological polar surface area (TPSA) is 12.0 Å².